The molecule has 0 radical (unpaired) electrons. The van der Waals surface area contributed by atoms with Gasteiger partial charge in [-0.15, -0.1) is 0 Å². The maximum absolute atomic E-state index is 12.3. The number of nitro groups is 1. The molecule has 2 N–H and O–H groups in total. The summed E-state index contributed by atoms with van der Waals surface area (Å²) in [6.45, 7) is 1.88. The van der Waals surface area contributed by atoms with E-state index in [0.717, 1.165) is 0 Å². The molecule has 1 unspecified atom stereocenters. The predicted octanol–water partition coefficient (Wildman–Crippen LogP) is 2.13. The minimum absolute atomic E-state index is 0.113. The number of carbonyl (C=O) groups excluding carboxylic acids is 3. The number of amides is 2. The molecule has 2 amide bonds. The van der Waals surface area contributed by atoms with Crippen LogP contribution in [0.2, 0.25) is 0 Å². The first-order valence-corrected chi connectivity index (χ1v) is 8.78. The van der Waals surface area contributed by atoms with Crippen LogP contribution in [0.15, 0.2) is 48.8 Å². The van der Waals surface area contributed by atoms with Crippen molar-refractivity contribution in [1.82, 2.24) is 10.3 Å². The summed E-state index contributed by atoms with van der Waals surface area (Å²) in [5, 5.41) is 15.8. The number of non-ortho nitro benzene ring substituents is 1. The van der Waals surface area contributed by atoms with E-state index in [1.54, 1.807) is 25.3 Å². The van der Waals surface area contributed by atoms with Crippen LogP contribution in [0.5, 0.6) is 0 Å². The first-order valence-electron chi connectivity index (χ1n) is 8.78. The predicted molar refractivity (Wildman–Crippen MR) is 103 cm³/mol. The van der Waals surface area contributed by atoms with Gasteiger partial charge in [0.15, 0.2) is 0 Å². The number of aromatic nitrogens is 1. The van der Waals surface area contributed by atoms with E-state index >= 15 is 0 Å². The largest absolute Gasteiger partial charge is 0.466 e. The first-order chi connectivity index (χ1) is 13.9. The van der Waals surface area contributed by atoms with Crippen molar-refractivity contribution in [1.29, 1.82) is 0 Å². The van der Waals surface area contributed by atoms with E-state index in [2.05, 4.69) is 15.6 Å². The second-order valence-electron chi connectivity index (χ2n) is 5.95. The molecule has 2 aromatic rings. The molecule has 0 aliphatic rings. The van der Waals surface area contributed by atoms with E-state index in [1.807, 2.05) is 0 Å². The lowest BCUT2D eigenvalue weighted by molar-refractivity contribution is -0.384. The minimum Gasteiger partial charge on any atom is -0.466 e. The van der Waals surface area contributed by atoms with Gasteiger partial charge in [0.25, 0.3) is 5.69 Å². The molecular weight excluding hydrogens is 380 g/mol. The van der Waals surface area contributed by atoms with Crippen molar-refractivity contribution in [3.8, 4) is 0 Å². The summed E-state index contributed by atoms with van der Waals surface area (Å²) in [7, 11) is 0. The van der Waals surface area contributed by atoms with Crippen LogP contribution in [0.3, 0.4) is 0 Å². The Hall–Kier alpha value is -3.82. The van der Waals surface area contributed by atoms with Crippen LogP contribution >= 0.6 is 0 Å². The van der Waals surface area contributed by atoms with Crippen LogP contribution in [0.1, 0.15) is 31.4 Å². The Balaban J connectivity index is 1.99. The first kappa shape index (κ1) is 21.5. The lowest BCUT2D eigenvalue weighted by Gasteiger charge is -2.18. The van der Waals surface area contributed by atoms with Crippen LogP contribution in [0.4, 0.5) is 11.4 Å². The van der Waals surface area contributed by atoms with Crippen LogP contribution in [0, 0.1) is 10.1 Å². The SMILES string of the molecule is CCOC(=O)CC(NC(=O)CC(=O)Nc1cccc([N+](=O)[O-])c1)c1cccnc1. The molecule has 0 saturated heterocycles. The molecule has 0 bridgehead atoms. The fourth-order valence-corrected chi connectivity index (χ4v) is 2.51. The lowest BCUT2D eigenvalue weighted by Crippen LogP contribution is -2.33. The zero-order valence-electron chi connectivity index (χ0n) is 15.7. The summed E-state index contributed by atoms with van der Waals surface area (Å²) < 4.78 is 4.92. The van der Waals surface area contributed by atoms with E-state index in [0.29, 0.717) is 5.56 Å². The third-order valence-electron chi connectivity index (χ3n) is 3.76. The quantitative estimate of drug-likeness (QED) is 0.284. The monoisotopic (exact) mass is 400 g/mol. The molecule has 1 aromatic heterocycles. The van der Waals surface area contributed by atoms with Gasteiger partial charge in [-0.05, 0) is 24.6 Å². The Morgan fingerprint density at radius 3 is 2.66 bits per heavy atom. The summed E-state index contributed by atoms with van der Waals surface area (Å²) in [5.41, 5.74) is 0.610. The number of esters is 1. The number of benzene rings is 1. The second-order valence-corrected chi connectivity index (χ2v) is 5.95. The molecular formula is C19H20N4O6. The van der Waals surface area contributed by atoms with Crippen molar-refractivity contribution < 1.29 is 24.0 Å². The van der Waals surface area contributed by atoms with Crippen molar-refractivity contribution in [3.63, 3.8) is 0 Å². The molecule has 0 fully saturated rings. The summed E-state index contributed by atoms with van der Waals surface area (Å²) in [6, 6.07) is 8.02. The minimum atomic E-state index is -0.708. The van der Waals surface area contributed by atoms with Gasteiger partial charge in [0.1, 0.15) is 6.42 Å². The van der Waals surface area contributed by atoms with Crippen LogP contribution in [-0.2, 0) is 19.1 Å². The van der Waals surface area contributed by atoms with E-state index in [1.165, 1.54) is 30.5 Å². The number of nitrogens with zero attached hydrogens (tertiary/aromatic N) is 2. The number of ether oxygens (including phenoxy) is 1. The zero-order valence-corrected chi connectivity index (χ0v) is 15.7. The van der Waals surface area contributed by atoms with Crippen molar-refractivity contribution in [2.24, 2.45) is 0 Å². The van der Waals surface area contributed by atoms with Gasteiger partial charge in [-0.25, -0.2) is 0 Å². The van der Waals surface area contributed by atoms with Gasteiger partial charge >= 0.3 is 5.97 Å². The van der Waals surface area contributed by atoms with Gasteiger partial charge in [-0.2, -0.15) is 0 Å². The smallest absolute Gasteiger partial charge is 0.308 e. The Labute approximate surface area is 166 Å². The van der Waals surface area contributed by atoms with Gasteiger partial charge in [-0.3, -0.25) is 29.5 Å². The zero-order chi connectivity index (χ0) is 21.2. The average molecular weight is 400 g/mol. The Bertz CT molecular complexity index is 887. The number of rotatable bonds is 9. The third kappa shape index (κ3) is 7.01. The molecule has 0 aliphatic heterocycles. The molecule has 1 atom stereocenters. The second kappa shape index (κ2) is 10.5. The maximum Gasteiger partial charge on any atom is 0.308 e. The highest BCUT2D eigenvalue weighted by atomic mass is 16.6. The van der Waals surface area contributed by atoms with E-state index in [4.69, 9.17) is 4.74 Å². The van der Waals surface area contributed by atoms with E-state index in [-0.39, 0.29) is 24.4 Å². The average Bonchev–Trinajstić information content (AvgIpc) is 2.68. The Kier molecular flexibility index (Phi) is 7.78. The summed E-state index contributed by atoms with van der Waals surface area (Å²) in [4.78, 5) is 50.4. The van der Waals surface area contributed by atoms with Crippen molar-refractivity contribution in [2.75, 3.05) is 11.9 Å². The van der Waals surface area contributed by atoms with Crippen LogP contribution in [-0.4, -0.2) is 34.3 Å². The van der Waals surface area contributed by atoms with Gasteiger partial charge < -0.3 is 15.4 Å². The number of hydrogen-bond acceptors (Lipinski definition) is 7. The van der Waals surface area contributed by atoms with Crippen LogP contribution < -0.4 is 10.6 Å². The number of pyridine rings is 1. The van der Waals surface area contributed by atoms with E-state index < -0.39 is 35.2 Å². The number of hydrogen-bond donors (Lipinski definition) is 2. The fraction of sp³-hybridized carbons (Fsp3) is 0.263. The number of nitro benzene ring substituents is 1. The third-order valence-corrected chi connectivity index (χ3v) is 3.76. The highest BCUT2D eigenvalue weighted by Gasteiger charge is 2.21. The highest BCUT2D eigenvalue weighted by molar-refractivity contribution is 6.03. The highest BCUT2D eigenvalue weighted by Crippen LogP contribution is 2.18. The van der Waals surface area contributed by atoms with Crippen molar-refractivity contribution >= 4 is 29.2 Å². The number of anilines is 1. The maximum atomic E-state index is 12.3. The number of nitrogens with one attached hydrogen (secondary N) is 2. The topological polar surface area (TPSA) is 141 Å². The molecule has 0 saturated carbocycles. The molecule has 2 rings (SSSR count). The molecule has 29 heavy (non-hydrogen) atoms. The summed E-state index contributed by atoms with van der Waals surface area (Å²) >= 11 is 0. The fourth-order valence-electron chi connectivity index (χ4n) is 2.51. The van der Waals surface area contributed by atoms with Gasteiger partial charge in [0, 0.05) is 30.2 Å². The summed E-state index contributed by atoms with van der Waals surface area (Å²) in [6.07, 6.45) is 2.42. The molecule has 0 aliphatic carbocycles. The molecule has 0 spiro atoms. The van der Waals surface area contributed by atoms with Crippen molar-refractivity contribution in [3.05, 3.63) is 64.5 Å². The van der Waals surface area contributed by atoms with Crippen LogP contribution in [0.25, 0.3) is 0 Å². The lowest BCUT2D eigenvalue weighted by atomic mass is 10.1. The number of carbonyl (C=O) groups is 3. The summed E-state index contributed by atoms with van der Waals surface area (Å²) in [5.74, 6) is -1.77. The van der Waals surface area contributed by atoms with Gasteiger partial charge in [0.05, 0.1) is 24.0 Å². The van der Waals surface area contributed by atoms with E-state index in [9.17, 15) is 24.5 Å². The Morgan fingerprint density at radius 1 is 1.21 bits per heavy atom. The molecule has 152 valence electrons. The molecule has 1 heterocycles. The molecule has 10 nitrogen and oxygen atoms in total. The normalized spacial score (nSPS) is 11.2. The van der Waals surface area contributed by atoms with Gasteiger partial charge in [0.2, 0.25) is 11.8 Å². The molecule has 1 aromatic carbocycles. The van der Waals surface area contributed by atoms with Gasteiger partial charge in [-0.1, -0.05) is 12.1 Å². The Morgan fingerprint density at radius 2 is 2.00 bits per heavy atom. The molecule has 10 heteroatoms. The van der Waals surface area contributed by atoms with Crippen molar-refractivity contribution in [2.45, 2.75) is 25.8 Å². The standard InChI is InChI=1S/C19H20N4O6/c1-2-29-19(26)10-16(13-5-4-8-20-12-13)22-18(25)11-17(24)21-14-6-3-7-15(9-14)23(27)28/h3-9,12,16H,2,10-11H2,1H3,(H,21,24)(H,22,25).